The molecule has 2 N–H and O–H groups in total. The second-order valence-electron chi connectivity index (χ2n) is 4.67. The van der Waals surface area contributed by atoms with E-state index in [9.17, 15) is 4.79 Å². The van der Waals surface area contributed by atoms with Crippen molar-refractivity contribution in [2.75, 3.05) is 7.05 Å². The Labute approximate surface area is 104 Å². The Bertz CT molecular complexity index is 348. The van der Waals surface area contributed by atoms with Crippen molar-refractivity contribution >= 4 is 5.91 Å². The van der Waals surface area contributed by atoms with Gasteiger partial charge in [-0.3, -0.25) is 4.79 Å². The highest BCUT2D eigenvalue weighted by Gasteiger charge is 2.19. The van der Waals surface area contributed by atoms with Gasteiger partial charge in [-0.1, -0.05) is 30.3 Å². The second-order valence-corrected chi connectivity index (χ2v) is 4.67. The maximum atomic E-state index is 11.9. The third-order valence-corrected chi connectivity index (χ3v) is 3.03. The highest BCUT2D eigenvalue weighted by atomic mass is 16.2. The van der Waals surface area contributed by atoms with Crippen molar-refractivity contribution in [3.05, 3.63) is 35.9 Å². The fraction of sp³-hybridized carbons (Fsp3) is 0.500. The molecule has 0 saturated carbocycles. The van der Waals surface area contributed by atoms with Crippen LogP contribution in [0.5, 0.6) is 0 Å². The minimum absolute atomic E-state index is 0.0240. The number of hydrogen-bond acceptors (Lipinski definition) is 2. The molecule has 0 aliphatic carbocycles. The summed E-state index contributed by atoms with van der Waals surface area (Å²) in [5.74, 6) is 0.0240. The summed E-state index contributed by atoms with van der Waals surface area (Å²) in [7, 11) is 1.80. The van der Waals surface area contributed by atoms with Crippen LogP contribution in [0.15, 0.2) is 30.3 Å². The zero-order valence-electron chi connectivity index (χ0n) is 10.9. The summed E-state index contributed by atoms with van der Waals surface area (Å²) in [6, 6.07) is 9.91. The van der Waals surface area contributed by atoms with Gasteiger partial charge in [0.1, 0.15) is 0 Å². The minimum atomic E-state index is -0.400. The van der Waals surface area contributed by atoms with Crippen molar-refractivity contribution in [3.8, 4) is 0 Å². The number of carbonyl (C=O) groups is 1. The van der Waals surface area contributed by atoms with E-state index in [1.54, 1.807) is 11.9 Å². The topological polar surface area (TPSA) is 46.3 Å². The summed E-state index contributed by atoms with van der Waals surface area (Å²) in [5.41, 5.74) is 7.14. The predicted molar refractivity (Wildman–Crippen MR) is 70.6 cm³/mol. The molecule has 0 aromatic heterocycles. The number of amides is 1. The van der Waals surface area contributed by atoms with E-state index in [-0.39, 0.29) is 11.9 Å². The van der Waals surface area contributed by atoms with Crippen LogP contribution in [-0.4, -0.2) is 29.9 Å². The lowest BCUT2D eigenvalue weighted by Gasteiger charge is -2.24. The van der Waals surface area contributed by atoms with Gasteiger partial charge in [0.2, 0.25) is 5.91 Å². The maximum Gasteiger partial charge on any atom is 0.239 e. The van der Waals surface area contributed by atoms with E-state index in [0.717, 1.165) is 6.42 Å². The van der Waals surface area contributed by atoms with Crippen molar-refractivity contribution in [2.24, 2.45) is 5.73 Å². The molecule has 3 nitrogen and oxygen atoms in total. The van der Waals surface area contributed by atoms with Crippen LogP contribution >= 0.6 is 0 Å². The Balaban J connectivity index is 2.45. The number of nitrogens with zero attached hydrogens (tertiary/aromatic N) is 1. The number of carbonyl (C=O) groups excluding carboxylic acids is 1. The number of nitrogens with two attached hydrogens (primary N) is 1. The molecular formula is C14H22N2O. The summed E-state index contributed by atoms with van der Waals surface area (Å²) in [6.45, 7) is 3.98. The van der Waals surface area contributed by atoms with Crippen LogP contribution < -0.4 is 5.73 Å². The van der Waals surface area contributed by atoms with Gasteiger partial charge in [0.05, 0.1) is 6.04 Å². The van der Waals surface area contributed by atoms with Crippen LogP contribution in [0.25, 0.3) is 0 Å². The van der Waals surface area contributed by atoms with E-state index in [2.05, 4.69) is 12.1 Å². The third-order valence-electron chi connectivity index (χ3n) is 3.03. The van der Waals surface area contributed by atoms with Gasteiger partial charge in [0, 0.05) is 13.1 Å². The Morgan fingerprint density at radius 1 is 1.29 bits per heavy atom. The minimum Gasteiger partial charge on any atom is -0.342 e. The van der Waals surface area contributed by atoms with E-state index in [4.69, 9.17) is 5.73 Å². The zero-order chi connectivity index (χ0) is 12.8. The molecule has 0 unspecified atom stereocenters. The maximum absolute atomic E-state index is 11.9. The quantitative estimate of drug-likeness (QED) is 0.844. The standard InChI is InChI=1S/C14H22N2O/c1-11(2)16(3)14(17)13(15)10-9-12-7-5-4-6-8-12/h4-8,11,13H,9-10,15H2,1-3H3/t13-/m0/s1. The molecule has 94 valence electrons. The molecule has 0 aliphatic heterocycles. The predicted octanol–water partition coefficient (Wildman–Crippen LogP) is 1.81. The monoisotopic (exact) mass is 234 g/mol. The molecule has 0 aliphatic rings. The van der Waals surface area contributed by atoms with Crippen LogP contribution in [0.4, 0.5) is 0 Å². The number of aryl methyl sites for hydroxylation is 1. The van der Waals surface area contributed by atoms with Crippen LogP contribution in [0, 0.1) is 0 Å². The number of rotatable bonds is 5. The van der Waals surface area contributed by atoms with Crippen LogP contribution in [0.3, 0.4) is 0 Å². The van der Waals surface area contributed by atoms with Gasteiger partial charge in [-0.05, 0) is 32.3 Å². The van der Waals surface area contributed by atoms with Crippen LogP contribution in [0.1, 0.15) is 25.8 Å². The smallest absolute Gasteiger partial charge is 0.239 e. The fourth-order valence-electron chi connectivity index (χ4n) is 1.61. The molecule has 1 aromatic carbocycles. The fourth-order valence-corrected chi connectivity index (χ4v) is 1.61. The van der Waals surface area contributed by atoms with E-state index >= 15 is 0 Å². The first-order valence-corrected chi connectivity index (χ1v) is 6.08. The lowest BCUT2D eigenvalue weighted by molar-refractivity contribution is -0.132. The molecule has 3 heteroatoms. The van der Waals surface area contributed by atoms with Gasteiger partial charge < -0.3 is 10.6 Å². The zero-order valence-corrected chi connectivity index (χ0v) is 10.9. The normalized spacial score (nSPS) is 12.5. The largest absolute Gasteiger partial charge is 0.342 e. The molecule has 0 saturated heterocycles. The number of hydrogen-bond donors (Lipinski definition) is 1. The molecular weight excluding hydrogens is 212 g/mol. The third kappa shape index (κ3) is 4.19. The molecule has 0 spiro atoms. The molecule has 0 fully saturated rings. The first-order valence-electron chi connectivity index (χ1n) is 6.08. The van der Waals surface area contributed by atoms with E-state index in [0.29, 0.717) is 6.42 Å². The lowest BCUT2D eigenvalue weighted by Crippen LogP contribution is -2.44. The average molecular weight is 234 g/mol. The summed E-state index contributed by atoms with van der Waals surface area (Å²) >= 11 is 0. The van der Waals surface area contributed by atoms with E-state index in [1.165, 1.54) is 5.56 Å². The Morgan fingerprint density at radius 3 is 2.41 bits per heavy atom. The Hall–Kier alpha value is -1.35. The first kappa shape index (κ1) is 13.7. The summed E-state index contributed by atoms with van der Waals surface area (Å²) in [4.78, 5) is 13.6. The van der Waals surface area contributed by atoms with Crippen molar-refractivity contribution < 1.29 is 4.79 Å². The van der Waals surface area contributed by atoms with Crippen molar-refractivity contribution in [2.45, 2.75) is 38.8 Å². The Kier molecular flexibility index (Phi) is 5.16. The van der Waals surface area contributed by atoms with Gasteiger partial charge in [-0.25, -0.2) is 0 Å². The highest BCUT2D eigenvalue weighted by molar-refractivity contribution is 5.81. The first-order chi connectivity index (χ1) is 8.02. The van der Waals surface area contributed by atoms with Crippen molar-refractivity contribution in [1.82, 2.24) is 4.90 Å². The van der Waals surface area contributed by atoms with Crippen molar-refractivity contribution in [3.63, 3.8) is 0 Å². The summed E-state index contributed by atoms with van der Waals surface area (Å²) in [6.07, 6.45) is 1.54. The van der Waals surface area contributed by atoms with E-state index < -0.39 is 6.04 Å². The van der Waals surface area contributed by atoms with Gasteiger partial charge in [0.25, 0.3) is 0 Å². The van der Waals surface area contributed by atoms with Crippen LogP contribution in [-0.2, 0) is 11.2 Å². The molecule has 1 aromatic rings. The number of likely N-dealkylation sites (N-methyl/N-ethyl adjacent to an activating group) is 1. The summed E-state index contributed by atoms with van der Waals surface area (Å²) < 4.78 is 0. The second kappa shape index (κ2) is 6.40. The van der Waals surface area contributed by atoms with Gasteiger partial charge in [-0.2, -0.15) is 0 Å². The van der Waals surface area contributed by atoms with Crippen molar-refractivity contribution in [1.29, 1.82) is 0 Å². The summed E-state index contributed by atoms with van der Waals surface area (Å²) in [5, 5.41) is 0. The highest BCUT2D eigenvalue weighted by Crippen LogP contribution is 2.06. The Morgan fingerprint density at radius 2 is 1.88 bits per heavy atom. The molecule has 1 rings (SSSR count). The number of benzene rings is 1. The molecule has 17 heavy (non-hydrogen) atoms. The molecule has 1 atom stereocenters. The average Bonchev–Trinajstić information content (AvgIpc) is 2.35. The van der Waals surface area contributed by atoms with Gasteiger partial charge >= 0.3 is 0 Å². The van der Waals surface area contributed by atoms with E-state index in [1.807, 2.05) is 32.0 Å². The molecule has 1 amide bonds. The van der Waals surface area contributed by atoms with Gasteiger partial charge in [-0.15, -0.1) is 0 Å². The SMILES string of the molecule is CC(C)N(C)C(=O)[C@@H](N)CCc1ccccc1. The molecule has 0 heterocycles. The van der Waals surface area contributed by atoms with Crippen LogP contribution in [0.2, 0.25) is 0 Å². The molecule has 0 bridgehead atoms. The molecule has 0 radical (unpaired) electrons. The lowest BCUT2D eigenvalue weighted by atomic mass is 10.0. The van der Waals surface area contributed by atoms with Gasteiger partial charge in [0.15, 0.2) is 0 Å².